The fraction of sp³-hybridized carbons (Fsp3) is 0.792. The van der Waals surface area contributed by atoms with Crippen molar-refractivity contribution < 1.29 is 64.6 Å². The van der Waals surface area contributed by atoms with Crippen LogP contribution < -0.4 is 5.32 Å². The Hall–Kier alpha value is -2.31. The van der Waals surface area contributed by atoms with E-state index in [4.69, 9.17) is 18.9 Å². The number of hydrogen-bond acceptors (Lipinski definition) is 13. The van der Waals surface area contributed by atoms with Crippen LogP contribution in [0.5, 0.6) is 0 Å². The fourth-order valence-corrected chi connectivity index (χ4v) is 8.10. The van der Waals surface area contributed by atoms with Crippen LogP contribution in [-0.4, -0.2) is 140 Å². The largest absolute Gasteiger partial charge is 0.394 e. The monoisotopic (exact) mass is 952 g/mol. The zero-order valence-corrected chi connectivity index (χ0v) is 41.1. The van der Waals surface area contributed by atoms with Crippen LogP contribution in [0, 0.1) is 0 Å². The molecule has 0 bridgehead atoms. The number of nitrogens with one attached hydrogen (secondary N) is 1. The molecule has 0 saturated carbocycles. The lowest BCUT2D eigenvalue weighted by molar-refractivity contribution is -0.359. The summed E-state index contributed by atoms with van der Waals surface area (Å²) in [6.07, 6.45) is 31.2. The number of carbonyl (C=O) groups excluding carboxylic acids is 1. The zero-order valence-electron chi connectivity index (χ0n) is 41.1. The second-order valence-electron chi connectivity index (χ2n) is 18.3. The molecule has 0 aromatic rings. The van der Waals surface area contributed by atoms with E-state index in [0.717, 1.165) is 70.6 Å². The molecule has 2 heterocycles. The van der Waals surface area contributed by atoms with Crippen LogP contribution in [0.2, 0.25) is 0 Å². The summed E-state index contributed by atoms with van der Waals surface area (Å²) in [7, 11) is 0. The topological polar surface area (TPSA) is 228 Å². The summed E-state index contributed by atoms with van der Waals surface area (Å²) in [5, 5.41) is 86.7. The molecule has 9 N–H and O–H groups in total. The van der Waals surface area contributed by atoms with Crippen LogP contribution in [0.15, 0.2) is 60.8 Å². The van der Waals surface area contributed by atoms with Crippen LogP contribution in [0.25, 0.3) is 0 Å². The van der Waals surface area contributed by atoms with Gasteiger partial charge in [-0.1, -0.05) is 158 Å². The molecule has 2 fully saturated rings. The molecule has 0 radical (unpaired) electrons. The first-order chi connectivity index (χ1) is 32.6. The van der Waals surface area contributed by atoms with E-state index in [1.807, 2.05) is 6.08 Å². The van der Waals surface area contributed by atoms with Crippen molar-refractivity contribution in [3.05, 3.63) is 60.8 Å². The highest BCUT2D eigenvalue weighted by Crippen LogP contribution is 2.30. The minimum Gasteiger partial charge on any atom is -0.394 e. The molecule has 2 rings (SSSR count). The number of allylic oxidation sites excluding steroid dienone is 9. The first kappa shape index (κ1) is 60.8. The lowest BCUT2D eigenvalue weighted by atomic mass is 9.97. The Kier molecular flexibility index (Phi) is 35.8. The van der Waals surface area contributed by atoms with Crippen molar-refractivity contribution in [2.75, 3.05) is 19.8 Å². The van der Waals surface area contributed by atoms with Crippen molar-refractivity contribution >= 4 is 5.91 Å². The molecule has 0 aromatic carbocycles. The van der Waals surface area contributed by atoms with Gasteiger partial charge in [0, 0.05) is 6.42 Å². The molecule has 14 heteroatoms. The minimum absolute atomic E-state index is 0.251. The average Bonchev–Trinajstić information content (AvgIpc) is 3.32. The SMILES string of the molecule is CCCC/C=C\C/C=C\CCCCCCCC(=O)NC(COC1OC(CO)C(OC2OC(CO)C(O)C(O)C2O)C(O)C1O)C(O)/C=C/CC/C=C/CC/C=C/CCCCCCCCCCC. The number of ether oxygens (including phenoxy) is 4. The molecule has 0 spiro atoms. The van der Waals surface area contributed by atoms with Gasteiger partial charge in [-0.05, 0) is 70.6 Å². The molecule has 67 heavy (non-hydrogen) atoms. The summed E-state index contributed by atoms with van der Waals surface area (Å²) in [6.45, 7) is 2.69. The maximum absolute atomic E-state index is 13.2. The van der Waals surface area contributed by atoms with Gasteiger partial charge in [0.25, 0.3) is 0 Å². The third kappa shape index (κ3) is 26.5. The number of amides is 1. The highest BCUT2D eigenvalue weighted by atomic mass is 16.7. The summed E-state index contributed by atoms with van der Waals surface area (Å²) in [4.78, 5) is 13.2. The van der Waals surface area contributed by atoms with E-state index >= 15 is 0 Å². The van der Waals surface area contributed by atoms with Gasteiger partial charge in [0.2, 0.25) is 5.91 Å². The van der Waals surface area contributed by atoms with E-state index in [1.165, 1.54) is 70.6 Å². The molecular weight excluding hydrogens is 859 g/mol. The van der Waals surface area contributed by atoms with E-state index in [-0.39, 0.29) is 18.9 Å². The highest BCUT2D eigenvalue weighted by Gasteiger charge is 2.51. The van der Waals surface area contributed by atoms with Gasteiger partial charge in [-0.25, -0.2) is 0 Å². The second-order valence-corrected chi connectivity index (χ2v) is 18.3. The first-order valence-corrected chi connectivity index (χ1v) is 26.0. The van der Waals surface area contributed by atoms with Crippen molar-refractivity contribution in [2.45, 2.75) is 248 Å². The second kappa shape index (κ2) is 39.4. The number of carbonyl (C=O) groups is 1. The number of aliphatic hydroxyl groups excluding tert-OH is 8. The predicted molar refractivity (Wildman–Crippen MR) is 263 cm³/mol. The normalized spacial score (nSPS) is 27.1. The maximum Gasteiger partial charge on any atom is 0.220 e. The molecule has 12 atom stereocenters. The summed E-state index contributed by atoms with van der Waals surface area (Å²) < 4.78 is 22.7. The van der Waals surface area contributed by atoms with Crippen LogP contribution in [0.3, 0.4) is 0 Å². The zero-order chi connectivity index (χ0) is 48.9. The van der Waals surface area contributed by atoms with Gasteiger partial charge in [0.1, 0.15) is 48.8 Å². The van der Waals surface area contributed by atoms with Crippen LogP contribution in [-0.2, 0) is 23.7 Å². The van der Waals surface area contributed by atoms with Crippen LogP contribution >= 0.6 is 0 Å². The predicted octanol–water partition coefficient (Wildman–Crippen LogP) is 7.05. The summed E-state index contributed by atoms with van der Waals surface area (Å²) in [6, 6.07) is -0.946. The smallest absolute Gasteiger partial charge is 0.220 e. The molecule has 2 saturated heterocycles. The van der Waals surface area contributed by atoms with Crippen molar-refractivity contribution in [2.24, 2.45) is 0 Å². The molecule has 12 unspecified atom stereocenters. The first-order valence-electron chi connectivity index (χ1n) is 26.0. The van der Waals surface area contributed by atoms with Crippen molar-refractivity contribution in [3.63, 3.8) is 0 Å². The number of aliphatic hydroxyl groups is 8. The number of rotatable bonds is 39. The Morgan fingerprint density at radius 2 is 1.01 bits per heavy atom. The molecular formula is C53H93NO13. The summed E-state index contributed by atoms with van der Waals surface area (Å²) in [5.74, 6) is -0.271. The molecule has 2 aliphatic rings. The number of hydrogen-bond donors (Lipinski definition) is 9. The molecule has 2 aliphatic heterocycles. The van der Waals surface area contributed by atoms with Gasteiger partial charge in [0.15, 0.2) is 12.6 Å². The lowest BCUT2D eigenvalue weighted by Crippen LogP contribution is -2.65. The van der Waals surface area contributed by atoms with Crippen LogP contribution in [0.4, 0.5) is 0 Å². The van der Waals surface area contributed by atoms with Gasteiger partial charge >= 0.3 is 0 Å². The van der Waals surface area contributed by atoms with Gasteiger partial charge < -0.3 is 65.1 Å². The lowest BCUT2D eigenvalue weighted by Gasteiger charge is -2.46. The average molecular weight is 952 g/mol. The quantitative estimate of drug-likeness (QED) is 0.0223. The Morgan fingerprint density at radius 3 is 1.60 bits per heavy atom. The number of unbranched alkanes of at least 4 members (excludes halogenated alkanes) is 18. The molecule has 1 amide bonds. The molecule has 0 aromatic heterocycles. The third-order valence-corrected chi connectivity index (χ3v) is 12.4. The summed E-state index contributed by atoms with van der Waals surface area (Å²) >= 11 is 0. The molecule has 14 nitrogen and oxygen atoms in total. The van der Waals surface area contributed by atoms with E-state index in [0.29, 0.717) is 12.8 Å². The third-order valence-electron chi connectivity index (χ3n) is 12.4. The van der Waals surface area contributed by atoms with E-state index < -0.39 is 86.8 Å². The van der Waals surface area contributed by atoms with Gasteiger partial charge in [-0.2, -0.15) is 0 Å². The van der Waals surface area contributed by atoms with Crippen molar-refractivity contribution in [3.8, 4) is 0 Å². The van der Waals surface area contributed by atoms with Crippen molar-refractivity contribution in [1.29, 1.82) is 0 Å². The highest BCUT2D eigenvalue weighted by molar-refractivity contribution is 5.76. The van der Waals surface area contributed by atoms with Crippen molar-refractivity contribution in [1.82, 2.24) is 5.32 Å². The van der Waals surface area contributed by atoms with E-state index in [1.54, 1.807) is 6.08 Å². The Bertz CT molecular complexity index is 1360. The Morgan fingerprint density at radius 1 is 0.537 bits per heavy atom. The van der Waals surface area contributed by atoms with E-state index in [2.05, 4.69) is 67.8 Å². The van der Waals surface area contributed by atoms with Crippen LogP contribution in [0.1, 0.15) is 174 Å². The van der Waals surface area contributed by atoms with Gasteiger partial charge in [-0.3, -0.25) is 4.79 Å². The maximum atomic E-state index is 13.2. The molecule has 388 valence electrons. The van der Waals surface area contributed by atoms with Gasteiger partial charge in [-0.15, -0.1) is 0 Å². The summed E-state index contributed by atoms with van der Waals surface area (Å²) in [5.41, 5.74) is 0. The standard InChI is InChI=1S/C53H93NO13/c1-3-5-7-9-11-13-15-17-19-20-21-22-23-24-26-28-30-32-34-36-42(57)41(54-45(58)37-35-33-31-29-27-25-18-16-14-12-10-8-6-4-2)40-64-52-50(63)48(61)51(44(39-56)66-52)67-53-49(62)47(60)46(59)43(38-55)65-53/h10,12,16,18,21-22,26,28,34,36,41-44,46-53,55-57,59-63H,3-9,11,13-15,17,19-20,23-25,27,29-33,35,37-40H2,1-2H3,(H,54,58)/b12-10-,18-16-,22-21+,28-26+,36-34+. The molecule has 0 aliphatic carbocycles. The van der Waals surface area contributed by atoms with Gasteiger partial charge in [0.05, 0.1) is 32.0 Å². The van der Waals surface area contributed by atoms with E-state index in [9.17, 15) is 45.6 Å². The minimum atomic E-state index is -1.79. The fourth-order valence-electron chi connectivity index (χ4n) is 8.10. The Labute approximate surface area is 403 Å². The Balaban J connectivity index is 1.88.